The molecule has 0 fully saturated rings. The van der Waals surface area contributed by atoms with E-state index in [1.165, 1.54) is 6.42 Å². The zero-order valence-electron chi connectivity index (χ0n) is 11.0. The van der Waals surface area contributed by atoms with E-state index in [4.69, 9.17) is 0 Å². The molecule has 1 heterocycles. The van der Waals surface area contributed by atoms with Gasteiger partial charge in [0, 0.05) is 41.6 Å². The molecule has 0 radical (unpaired) electrons. The summed E-state index contributed by atoms with van der Waals surface area (Å²) in [7, 11) is -0.705. The molecule has 0 aliphatic rings. The summed E-state index contributed by atoms with van der Waals surface area (Å²) in [6.07, 6.45) is 4.40. The van der Waals surface area contributed by atoms with Crippen molar-refractivity contribution in [3.8, 4) is 0 Å². The molecule has 0 aliphatic carbocycles. The maximum absolute atomic E-state index is 11.3. The van der Waals surface area contributed by atoms with Gasteiger partial charge in [-0.05, 0) is 13.3 Å². The van der Waals surface area contributed by atoms with Crippen molar-refractivity contribution in [1.29, 1.82) is 0 Å². The third kappa shape index (κ3) is 4.89. The van der Waals surface area contributed by atoms with Gasteiger partial charge in [-0.2, -0.15) is 0 Å². The van der Waals surface area contributed by atoms with Crippen molar-refractivity contribution < 1.29 is 4.21 Å². The SMILES string of the molecule is CCCCn1cc(C)nc1NCCS(=O)CC. The van der Waals surface area contributed by atoms with Gasteiger partial charge in [-0.25, -0.2) is 4.98 Å². The summed E-state index contributed by atoms with van der Waals surface area (Å²) in [5.41, 5.74) is 1.03. The maximum Gasteiger partial charge on any atom is 0.203 e. The second-order valence-corrected chi connectivity index (χ2v) is 5.98. The van der Waals surface area contributed by atoms with Crippen LogP contribution in [-0.4, -0.2) is 31.8 Å². The van der Waals surface area contributed by atoms with Crippen LogP contribution in [0, 0.1) is 6.92 Å². The summed E-state index contributed by atoms with van der Waals surface area (Å²) in [6.45, 7) is 7.85. The first-order valence-electron chi connectivity index (χ1n) is 6.30. The van der Waals surface area contributed by atoms with Crippen molar-refractivity contribution in [3.63, 3.8) is 0 Å². The van der Waals surface area contributed by atoms with Crippen LogP contribution in [0.15, 0.2) is 6.20 Å². The van der Waals surface area contributed by atoms with E-state index in [2.05, 4.69) is 28.0 Å². The molecule has 5 heteroatoms. The van der Waals surface area contributed by atoms with E-state index in [0.717, 1.165) is 36.9 Å². The highest BCUT2D eigenvalue weighted by atomic mass is 32.2. The predicted octanol–water partition coefficient (Wildman–Crippen LogP) is 2.17. The summed E-state index contributed by atoms with van der Waals surface area (Å²) in [6, 6.07) is 0. The normalized spacial score (nSPS) is 12.6. The Bertz CT molecular complexity index is 363. The Labute approximate surface area is 106 Å². The number of unbranched alkanes of at least 4 members (excludes halogenated alkanes) is 1. The largest absolute Gasteiger partial charge is 0.355 e. The number of hydrogen-bond donors (Lipinski definition) is 1. The molecule has 4 nitrogen and oxygen atoms in total. The van der Waals surface area contributed by atoms with Crippen LogP contribution >= 0.6 is 0 Å². The molecule has 0 spiro atoms. The first-order chi connectivity index (χ1) is 8.17. The van der Waals surface area contributed by atoms with Gasteiger partial charge in [-0.1, -0.05) is 20.3 Å². The minimum absolute atomic E-state index is 0.691. The number of nitrogens with zero attached hydrogens (tertiary/aromatic N) is 2. The van der Waals surface area contributed by atoms with Crippen LogP contribution in [0.4, 0.5) is 5.95 Å². The maximum atomic E-state index is 11.3. The third-order valence-electron chi connectivity index (χ3n) is 2.58. The Morgan fingerprint density at radius 3 is 2.88 bits per heavy atom. The summed E-state index contributed by atoms with van der Waals surface area (Å²) in [5.74, 6) is 2.32. The Hall–Kier alpha value is -0.840. The highest BCUT2D eigenvalue weighted by Crippen LogP contribution is 2.09. The standard InChI is InChI=1S/C12H23N3OS/c1-4-6-8-15-10-11(3)14-12(15)13-7-9-17(16)5-2/h10H,4-9H2,1-3H3,(H,13,14). The van der Waals surface area contributed by atoms with Gasteiger partial charge in [-0.15, -0.1) is 0 Å². The van der Waals surface area contributed by atoms with Crippen molar-refractivity contribution >= 4 is 16.7 Å². The van der Waals surface area contributed by atoms with E-state index in [1.54, 1.807) is 0 Å². The number of anilines is 1. The molecule has 1 atom stereocenters. The lowest BCUT2D eigenvalue weighted by molar-refractivity contribution is 0.635. The number of rotatable bonds is 8. The van der Waals surface area contributed by atoms with Gasteiger partial charge in [0.1, 0.15) is 0 Å². The lowest BCUT2D eigenvalue weighted by Crippen LogP contribution is -2.15. The van der Waals surface area contributed by atoms with E-state index >= 15 is 0 Å². The molecule has 17 heavy (non-hydrogen) atoms. The minimum atomic E-state index is -0.705. The van der Waals surface area contributed by atoms with Crippen molar-refractivity contribution in [2.45, 2.75) is 40.2 Å². The minimum Gasteiger partial charge on any atom is -0.355 e. The number of aryl methyl sites for hydroxylation is 2. The fraction of sp³-hybridized carbons (Fsp3) is 0.750. The average molecular weight is 257 g/mol. The smallest absolute Gasteiger partial charge is 0.203 e. The van der Waals surface area contributed by atoms with Gasteiger partial charge in [0.25, 0.3) is 0 Å². The number of hydrogen-bond acceptors (Lipinski definition) is 3. The molecule has 0 saturated heterocycles. The lowest BCUT2D eigenvalue weighted by Gasteiger charge is -2.08. The molecule has 1 N–H and O–H groups in total. The Morgan fingerprint density at radius 2 is 2.24 bits per heavy atom. The number of imidazole rings is 1. The Kier molecular flexibility index (Phi) is 6.26. The zero-order valence-corrected chi connectivity index (χ0v) is 11.8. The molecular formula is C12H23N3OS. The topological polar surface area (TPSA) is 46.9 Å². The van der Waals surface area contributed by atoms with Crippen LogP contribution in [0.3, 0.4) is 0 Å². The second-order valence-electron chi connectivity index (χ2n) is 4.11. The molecule has 98 valence electrons. The van der Waals surface area contributed by atoms with Gasteiger partial charge < -0.3 is 9.88 Å². The molecule has 0 bridgehead atoms. The van der Waals surface area contributed by atoms with Crippen LogP contribution in [-0.2, 0) is 17.3 Å². The summed E-state index contributed by atoms with van der Waals surface area (Å²) in [4.78, 5) is 4.44. The first kappa shape index (κ1) is 14.2. The van der Waals surface area contributed by atoms with Crippen molar-refractivity contribution in [2.75, 3.05) is 23.4 Å². The summed E-state index contributed by atoms with van der Waals surface area (Å²) >= 11 is 0. The van der Waals surface area contributed by atoms with Crippen LogP contribution in [0.25, 0.3) is 0 Å². The Balaban J connectivity index is 2.48. The monoisotopic (exact) mass is 257 g/mol. The molecule has 1 rings (SSSR count). The molecule has 0 aliphatic heterocycles. The quantitative estimate of drug-likeness (QED) is 0.776. The van der Waals surface area contributed by atoms with Crippen molar-refractivity contribution in [1.82, 2.24) is 9.55 Å². The summed E-state index contributed by atoms with van der Waals surface area (Å²) in [5, 5.41) is 3.27. The lowest BCUT2D eigenvalue weighted by atomic mass is 10.3. The average Bonchev–Trinajstić information content (AvgIpc) is 2.67. The molecular weight excluding hydrogens is 234 g/mol. The predicted molar refractivity (Wildman–Crippen MR) is 73.9 cm³/mol. The zero-order chi connectivity index (χ0) is 12.7. The summed E-state index contributed by atoms with van der Waals surface area (Å²) < 4.78 is 13.5. The van der Waals surface area contributed by atoms with Crippen molar-refractivity contribution in [3.05, 3.63) is 11.9 Å². The van der Waals surface area contributed by atoms with E-state index in [-0.39, 0.29) is 0 Å². The van der Waals surface area contributed by atoms with Crippen LogP contribution < -0.4 is 5.32 Å². The van der Waals surface area contributed by atoms with Gasteiger partial charge in [0.05, 0.1) is 5.69 Å². The Morgan fingerprint density at radius 1 is 1.47 bits per heavy atom. The van der Waals surface area contributed by atoms with Gasteiger partial charge in [0.2, 0.25) is 5.95 Å². The third-order valence-corrected chi connectivity index (χ3v) is 3.89. The number of nitrogens with one attached hydrogen (secondary N) is 1. The fourth-order valence-electron chi connectivity index (χ4n) is 1.61. The van der Waals surface area contributed by atoms with E-state index in [9.17, 15) is 4.21 Å². The molecule has 1 unspecified atom stereocenters. The highest BCUT2D eigenvalue weighted by molar-refractivity contribution is 7.84. The van der Waals surface area contributed by atoms with E-state index in [1.807, 2.05) is 13.8 Å². The first-order valence-corrected chi connectivity index (χ1v) is 7.78. The van der Waals surface area contributed by atoms with Gasteiger partial charge in [-0.3, -0.25) is 4.21 Å². The van der Waals surface area contributed by atoms with Crippen LogP contribution in [0.5, 0.6) is 0 Å². The number of aromatic nitrogens is 2. The fourth-order valence-corrected chi connectivity index (χ4v) is 2.23. The molecule has 0 aromatic carbocycles. The highest BCUT2D eigenvalue weighted by Gasteiger charge is 2.05. The molecule has 1 aromatic rings. The second kappa shape index (κ2) is 7.48. The van der Waals surface area contributed by atoms with E-state index in [0.29, 0.717) is 5.75 Å². The van der Waals surface area contributed by atoms with Crippen LogP contribution in [0.2, 0.25) is 0 Å². The van der Waals surface area contributed by atoms with Gasteiger partial charge >= 0.3 is 0 Å². The molecule has 0 amide bonds. The van der Waals surface area contributed by atoms with Crippen LogP contribution in [0.1, 0.15) is 32.4 Å². The van der Waals surface area contributed by atoms with Gasteiger partial charge in [0.15, 0.2) is 0 Å². The van der Waals surface area contributed by atoms with Crippen molar-refractivity contribution in [2.24, 2.45) is 0 Å². The van der Waals surface area contributed by atoms with E-state index < -0.39 is 10.8 Å². The molecule has 0 saturated carbocycles. The molecule has 1 aromatic heterocycles.